The molecule has 3 aromatic rings. The van der Waals surface area contributed by atoms with Crippen LogP contribution in [0.15, 0.2) is 48.8 Å². The molecule has 2 aromatic heterocycles. The van der Waals surface area contributed by atoms with Crippen molar-refractivity contribution in [3.05, 3.63) is 80.1 Å². The zero-order chi connectivity index (χ0) is 23.8. The van der Waals surface area contributed by atoms with Crippen molar-refractivity contribution in [2.24, 2.45) is 5.73 Å². The van der Waals surface area contributed by atoms with Crippen molar-refractivity contribution in [3.8, 4) is 0 Å². The van der Waals surface area contributed by atoms with E-state index in [-0.39, 0.29) is 19.1 Å². The number of ether oxygens (including phenoxy) is 1. The van der Waals surface area contributed by atoms with Gasteiger partial charge in [-0.15, -0.1) is 31.6 Å². The van der Waals surface area contributed by atoms with Crippen molar-refractivity contribution < 1.29 is 29.4 Å². The van der Waals surface area contributed by atoms with E-state index in [0.717, 1.165) is 10.1 Å². The zero-order valence-corrected chi connectivity index (χ0v) is 17.8. The average Bonchev–Trinajstić information content (AvgIpc) is 3.19. The Balaban J connectivity index is 1.61. The number of thiophene rings is 1. The monoisotopic (exact) mass is 477 g/mol. The van der Waals surface area contributed by atoms with Crippen molar-refractivity contribution in [3.63, 3.8) is 0 Å². The van der Waals surface area contributed by atoms with Crippen LogP contribution in [0, 0.1) is 20.2 Å². The lowest BCUT2D eigenvalue weighted by molar-refractivity contribution is -0.801. The van der Waals surface area contributed by atoms with Gasteiger partial charge in [-0.2, -0.15) is 0 Å². The van der Waals surface area contributed by atoms with Gasteiger partial charge < -0.3 is 20.6 Å². The third kappa shape index (κ3) is 6.80. The van der Waals surface area contributed by atoms with Crippen LogP contribution < -0.4 is 11.1 Å². The Bertz CT molecular complexity index is 1090. The Morgan fingerprint density at radius 1 is 1.18 bits per heavy atom. The summed E-state index contributed by atoms with van der Waals surface area (Å²) in [6.07, 6.45) is 1.82. The van der Waals surface area contributed by atoms with Gasteiger partial charge in [0, 0.05) is 18.9 Å². The van der Waals surface area contributed by atoms with Gasteiger partial charge in [0.2, 0.25) is 12.2 Å². The molecule has 0 saturated carbocycles. The van der Waals surface area contributed by atoms with E-state index in [1.807, 2.05) is 12.1 Å². The lowest BCUT2D eigenvalue weighted by atomic mass is 9.97. The maximum Gasteiger partial charge on any atom is 0.297 e. The SMILES string of the molecule is NCC(C(=O)Nc1cc2ccncc2s1)c1ccc(COC(CO[N+](=O)[O-])O[N+](=O)[O-])cc1. The predicted octanol–water partition coefficient (Wildman–Crippen LogP) is 2.24. The number of nitrogens with one attached hydrogen (secondary N) is 1. The molecule has 14 heteroatoms. The topological polar surface area (TPSA) is 182 Å². The number of carbonyl (C=O) groups excluding carboxylic acids is 1. The van der Waals surface area contributed by atoms with Crippen LogP contribution in [0.25, 0.3) is 10.1 Å². The number of hydrogen-bond acceptors (Lipinski definition) is 11. The second-order valence-electron chi connectivity index (χ2n) is 6.63. The minimum absolute atomic E-state index is 0.0745. The number of pyridine rings is 1. The normalized spacial score (nSPS) is 12.6. The van der Waals surface area contributed by atoms with Crippen molar-refractivity contribution in [1.29, 1.82) is 0 Å². The first kappa shape index (κ1) is 23.8. The molecule has 2 atom stereocenters. The molecule has 2 heterocycles. The minimum Gasteiger partial charge on any atom is -0.346 e. The first-order valence-corrected chi connectivity index (χ1v) is 10.3. The van der Waals surface area contributed by atoms with E-state index in [1.165, 1.54) is 11.3 Å². The fraction of sp³-hybridized carbons (Fsp3) is 0.263. The molecule has 1 amide bonds. The quantitative estimate of drug-likeness (QED) is 0.223. The molecule has 13 nitrogen and oxygen atoms in total. The lowest BCUT2D eigenvalue weighted by Crippen LogP contribution is -2.27. The molecule has 0 spiro atoms. The van der Waals surface area contributed by atoms with Gasteiger partial charge in [0.1, 0.15) is 6.61 Å². The highest BCUT2D eigenvalue weighted by atomic mass is 32.1. The van der Waals surface area contributed by atoms with Crippen molar-refractivity contribution in [2.75, 3.05) is 18.5 Å². The first-order valence-electron chi connectivity index (χ1n) is 9.49. The molecule has 0 aliphatic carbocycles. The summed E-state index contributed by atoms with van der Waals surface area (Å²) in [5.74, 6) is -0.875. The molecule has 3 rings (SSSR count). The van der Waals surface area contributed by atoms with Gasteiger partial charge in [0.15, 0.2) is 0 Å². The predicted molar refractivity (Wildman–Crippen MR) is 116 cm³/mol. The number of anilines is 1. The Morgan fingerprint density at radius 3 is 2.58 bits per heavy atom. The number of benzene rings is 1. The van der Waals surface area contributed by atoms with E-state index in [0.29, 0.717) is 16.1 Å². The van der Waals surface area contributed by atoms with E-state index in [9.17, 15) is 25.0 Å². The number of carbonyl (C=O) groups is 1. The summed E-state index contributed by atoms with van der Waals surface area (Å²) in [4.78, 5) is 45.9. The number of nitrogens with two attached hydrogens (primary N) is 1. The summed E-state index contributed by atoms with van der Waals surface area (Å²) >= 11 is 1.41. The lowest BCUT2D eigenvalue weighted by Gasteiger charge is -2.16. The molecule has 0 aliphatic heterocycles. The van der Waals surface area contributed by atoms with Crippen molar-refractivity contribution in [1.82, 2.24) is 4.98 Å². The Labute approximate surface area is 190 Å². The second-order valence-corrected chi connectivity index (χ2v) is 7.72. The smallest absolute Gasteiger partial charge is 0.297 e. The van der Waals surface area contributed by atoms with Crippen LogP contribution in [-0.4, -0.2) is 40.5 Å². The van der Waals surface area contributed by atoms with Crippen LogP contribution in [0.4, 0.5) is 5.00 Å². The molecule has 0 saturated heterocycles. The standard InChI is InChI=1S/C19H19N5O8S/c20-8-15(19(25)22-17-7-14-5-6-21-9-16(14)33-17)13-3-1-12(2-4-13)10-30-18(32-24(28)29)11-31-23(26)27/h1-7,9,15,18H,8,10-11,20H2,(H,22,25). The molecule has 0 fully saturated rings. The van der Waals surface area contributed by atoms with Crippen LogP contribution in [-0.2, 0) is 25.8 Å². The second kappa shape index (κ2) is 11.1. The molecule has 2 unspecified atom stereocenters. The summed E-state index contributed by atoms with van der Waals surface area (Å²) < 4.78 is 6.12. The van der Waals surface area contributed by atoms with E-state index in [4.69, 9.17) is 10.5 Å². The van der Waals surface area contributed by atoms with Crippen molar-refractivity contribution in [2.45, 2.75) is 18.8 Å². The third-order valence-corrected chi connectivity index (χ3v) is 5.46. The average molecular weight is 477 g/mol. The number of rotatable bonds is 12. The summed E-state index contributed by atoms with van der Waals surface area (Å²) in [7, 11) is 0. The van der Waals surface area contributed by atoms with Crippen LogP contribution in [0.5, 0.6) is 0 Å². The molecule has 0 radical (unpaired) electrons. The third-order valence-electron chi connectivity index (χ3n) is 4.46. The van der Waals surface area contributed by atoms with Gasteiger partial charge in [0.05, 0.1) is 22.2 Å². The molecule has 174 valence electrons. The van der Waals surface area contributed by atoms with Crippen LogP contribution in [0.1, 0.15) is 17.0 Å². The summed E-state index contributed by atoms with van der Waals surface area (Å²) in [5, 5.41) is 23.0. The minimum atomic E-state index is -1.58. The summed E-state index contributed by atoms with van der Waals surface area (Å²) in [6, 6.07) is 10.4. The number of hydrogen-bond donors (Lipinski definition) is 2. The van der Waals surface area contributed by atoms with Gasteiger partial charge in [-0.25, -0.2) is 0 Å². The largest absolute Gasteiger partial charge is 0.346 e. The van der Waals surface area contributed by atoms with Gasteiger partial charge in [0.25, 0.3) is 10.2 Å². The van der Waals surface area contributed by atoms with Gasteiger partial charge in [-0.1, -0.05) is 24.3 Å². The van der Waals surface area contributed by atoms with Gasteiger partial charge in [-0.3, -0.25) is 14.6 Å². The highest BCUT2D eigenvalue weighted by molar-refractivity contribution is 7.22. The molecule has 0 bridgehead atoms. The number of fused-ring (bicyclic) bond motifs is 1. The van der Waals surface area contributed by atoms with Crippen LogP contribution in [0.2, 0.25) is 0 Å². The Morgan fingerprint density at radius 2 is 1.94 bits per heavy atom. The molecule has 0 aliphatic rings. The van der Waals surface area contributed by atoms with Gasteiger partial charge >= 0.3 is 0 Å². The highest BCUT2D eigenvalue weighted by Crippen LogP contribution is 2.30. The number of nitrogens with zero attached hydrogens (tertiary/aromatic N) is 3. The summed E-state index contributed by atoms with van der Waals surface area (Å²) in [6.45, 7) is -0.838. The van der Waals surface area contributed by atoms with Gasteiger partial charge in [-0.05, 0) is 28.6 Å². The zero-order valence-electron chi connectivity index (χ0n) is 17.0. The van der Waals surface area contributed by atoms with E-state index in [2.05, 4.69) is 20.0 Å². The molecule has 3 N–H and O–H groups in total. The fourth-order valence-electron chi connectivity index (χ4n) is 2.91. The van der Waals surface area contributed by atoms with E-state index in [1.54, 1.807) is 36.7 Å². The van der Waals surface area contributed by atoms with E-state index >= 15 is 0 Å². The number of amides is 1. The van der Waals surface area contributed by atoms with Crippen LogP contribution in [0.3, 0.4) is 0 Å². The maximum atomic E-state index is 12.8. The van der Waals surface area contributed by atoms with E-state index < -0.39 is 29.0 Å². The first-order chi connectivity index (χ1) is 15.9. The molecular weight excluding hydrogens is 458 g/mol. The highest BCUT2D eigenvalue weighted by Gasteiger charge is 2.21. The fourth-order valence-corrected chi connectivity index (χ4v) is 3.84. The molecule has 1 aromatic carbocycles. The van der Waals surface area contributed by atoms with Crippen LogP contribution >= 0.6 is 11.3 Å². The Kier molecular flexibility index (Phi) is 8.01. The van der Waals surface area contributed by atoms with Crippen molar-refractivity contribution >= 4 is 32.3 Å². The summed E-state index contributed by atoms with van der Waals surface area (Å²) in [5.41, 5.74) is 7.08. The molecular formula is C19H19N5O8S. The molecule has 33 heavy (non-hydrogen) atoms. The maximum absolute atomic E-state index is 12.8. The number of aromatic nitrogens is 1. The Hall–Kier alpha value is -3.88.